The number of carbonyl (C=O) groups is 2. The Kier molecular flexibility index (Phi) is 5.55. The van der Waals surface area contributed by atoms with Gasteiger partial charge >= 0.3 is 0 Å². The topological polar surface area (TPSA) is 73.9 Å². The second kappa shape index (κ2) is 8.09. The van der Waals surface area contributed by atoms with Crippen LogP contribution in [-0.2, 0) is 16.1 Å². The summed E-state index contributed by atoms with van der Waals surface area (Å²) in [4.78, 5) is 27.4. The zero-order valence-electron chi connectivity index (χ0n) is 16.7. The maximum Gasteiger partial charge on any atom is 0.241 e. The number of amides is 2. The zero-order chi connectivity index (χ0) is 19.7. The highest BCUT2D eigenvalue weighted by atomic mass is 16.5. The molecule has 28 heavy (non-hydrogen) atoms. The lowest BCUT2D eigenvalue weighted by Gasteiger charge is -2.50. The summed E-state index contributed by atoms with van der Waals surface area (Å²) in [6, 6.07) is 8.20. The molecule has 2 aliphatic heterocycles. The van der Waals surface area contributed by atoms with Crippen LogP contribution in [0.4, 0.5) is 0 Å². The van der Waals surface area contributed by atoms with Crippen molar-refractivity contribution in [1.29, 1.82) is 0 Å². The van der Waals surface area contributed by atoms with Gasteiger partial charge in [-0.15, -0.1) is 0 Å². The van der Waals surface area contributed by atoms with Gasteiger partial charge in [-0.2, -0.15) is 0 Å². The minimum absolute atomic E-state index is 0.0331. The van der Waals surface area contributed by atoms with E-state index >= 15 is 0 Å². The first kappa shape index (κ1) is 19.2. The molecular formula is C21H30N4O3. The van der Waals surface area contributed by atoms with E-state index in [0.717, 1.165) is 43.5 Å². The molecule has 1 aromatic carbocycles. The summed E-state index contributed by atoms with van der Waals surface area (Å²) in [6.45, 7) is 3.93. The average Bonchev–Trinajstić information content (AvgIpc) is 3.20. The van der Waals surface area contributed by atoms with Crippen molar-refractivity contribution in [1.82, 2.24) is 20.7 Å². The van der Waals surface area contributed by atoms with Gasteiger partial charge in [0, 0.05) is 38.1 Å². The molecule has 4 rings (SSSR count). The molecule has 1 aliphatic carbocycles. The monoisotopic (exact) mass is 386 g/mol. The molecule has 4 atom stereocenters. The van der Waals surface area contributed by atoms with Gasteiger partial charge < -0.3 is 15.0 Å². The fourth-order valence-corrected chi connectivity index (χ4v) is 4.92. The van der Waals surface area contributed by atoms with Gasteiger partial charge in [-0.3, -0.25) is 15.0 Å². The van der Waals surface area contributed by atoms with Crippen LogP contribution in [0.25, 0.3) is 0 Å². The van der Waals surface area contributed by atoms with Crippen molar-refractivity contribution in [2.75, 3.05) is 20.2 Å². The summed E-state index contributed by atoms with van der Waals surface area (Å²) in [6.07, 6.45) is 3.39. The first-order valence-electron chi connectivity index (χ1n) is 10.4. The SMILES string of the molecule is CCOc1cccc(CNC(=O)C2CCC3C(C2)N(C)C(=O)C2CCNN23)c1. The summed E-state index contributed by atoms with van der Waals surface area (Å²) >= 11 is 0. The molecule has 0 bridgehead atoms. The summed E-state index contributed by atoms with van der Waals surface area (Å²) in [5.41, 5.74) is 4.42. The Morgan fingerprint density at radius 1 is 1.29 bits per heavy atom. The molecule has 4 unspecified atom stereocenters. The quantitative estimate of drug-likeness (QED) is 0.798. The number of nitrogens with zero attached hydrogens (tertiary/aromatic N) is 2. The van der Waals surface area contributed by atoms with E-state index in [2.05, 4.69) is 15.8 Å². The number of likely N-dealkylation sites (N-methyl/N-ethyl adjacent to an activating group) is 1. The van der Waals surface area contributed by atoms with Crippen LogP contribution in [0.3, 0.4) is 0 Å². The Hall–Kier alpha value is -2.12. The molecule has 2 amide bonds. The predicted octanol–water partition coefficient (Wildman–Crippen LogP) is 1.29. The van der Waals surface area contributed by atoms with Crippen LogP contribution < -0.4 is 15.5 Å². The van der Waals surface area contributed by atoms with E-state index in [9.17, 15) is 9.59 Å². The zero-order valence-corrected chi connectivity index (χ0v) is 16.7. The molecule has 2 heterocycles. The first-order valence-corrected chi connectivity index (χ1v) is 10.4. The molecule has 3 fully saturated rings. The molecule has 152 valence electrons. The number of hydrogen-bond acceptors (Lipinski definition) is 5. The van der Waals surface area contributed by atoms with E-state index in [-0.39, 0.29) is 29.8 Å². The molecule has 7 heteroatoms. The van der Waals surface area contributed by atoms with Crippen LogP contribution in [0.15, 0.2) is 24.3 Å². The Bertz CT molecular complexity index is 740. The minimum Gasteiger partial charge on any atom is -0.494 e. The average molecular weight is 386 g/mol. The van der Waals surface area contributed by atoms with Crippen LogP contribution in [0.5, 0.6) is 5.75 Å². The number of piperazine rings is 1. The molecule has 0 aromatic heterocycles. The number of carbonyl (C=O) groups excluding carboxylic acids is 2. The lowest BCUT2D eigenvalue weighted by Crippen LogP contribution is -2.67. The smallest absolute Gasteiger partial charge is 0.241 e. The standard InChI is InChI=1S/C21H30N4O3/c1-3-28-16-6-4-5-14(11-16)13-22-20(26)15-7-8-17-19(12-15)24(2)21(27)18-9-10-23-25(17)18/h4-6,11,15,17-19,23H,3,7-10,12-13H2,1-2H3,(H,22,26). The Morgan fingerprint density at radius 2 is 2.14 bits per heavy atom. The number of hydrogen-bond donors (Lipinski definition) is 2. The normalized spacial score (nSPS) is 29.9. The number of hydrazine groups is 1. The fourth-order valence-electron chi connectivity index (χ4n) is 4.92. The van der Waals surface area contributed by atoms with Crippen LogP contribution in [0.1, 0.15) is 38.2 Å². The van der Waals surface area contributed by atoms with Gasteiger partial charge in [0.15, 0.2) is 0 Å². The van der Waals surface area contributed by atoms with Crippen molar-refractivity contribution in [3.63, 3.8) is 0 Å². The second-order valence-corrected chi connectivity index (χ2v) is 8.01. The highest BCUT2D eigenvalue weighted by molar-refractivity contribution is 5.84. The predicted molar refractivity (Wildman–Crippen MR) is 105 cm³/mol. The largest absolute Gasteiger partial charge is 0.494 e. The highest BCUT2D eigenvalue weighted by Crippen LogP contribution is 2.36. The van der Waals surface area contributed by atoms with E-state index in [0.29, 0.717) is 19.2 Å². The van der Waals surface area contributed by atoms with Crippen LogP contribution >= 0.6 is 0 Å². The summed E-state index contributed by atoms with van der Waals surface area (Å²) < 4.78 is 5.52. The van der Waals surface area contributed by atoms with E-state index in [1.165, 1.54) is 0 Å². The van der Waals surface area contributed by atoms with Crippen molar-refractivity contribution >= 4 is 11.8 Å². The van der Waals surface area contributed by atoms with E-state index in [4.69, 9.17) is 4.74 Å². The van der Waals surface area contributed by atoms with Gasteiger partial charge in [-0.25, -0.2) is 5.01 Å². The Morgan fingerprint density at radius 3 is 2.96 bits per heavy atom. The van der Waals surface area contributed by atoms with Crippen molar-refractivity contribution in [3.8, 4) is 5.75 Å². The van der Waals surface area contributed by atoms with Crippen LogP contribution in [-0.4, -0.2) is 60.0 Å². The molecule has 1 saturated carbocycles. The van der Waals surface area contributed by atoms with Crippen LogP contribution in [0, 0.1) is 5.92 Å². The fraction of sp³-hybridized carbons (Fsp3) is 0.619. The van der Waals surface area contributed by atoms with Crippen molar-refractivity contribution in [2.24, 2.45) is 5.92 Å². The van der Waals surface area contributed by atoms with E-state index in [1.807, 2.05) is 43.1 Å². The molecule has 0 radical (unpaired) electrons. The maximum atomic E-state index is 12.8. The molecule has 2 saturated heterocycles. The minimum atomic E-state index is -0.0503. The molecule has 2 N–H and O–H groups in total. The van der Waals surface area contributed by atoms with Gasteiger partial charge in [0.05, 0.1) is 6.61 Å². The van der Waals surface area contributed by atoms with Crippen LogP contribution in [0.2, 0.25) is 0 Å². The van der Waals surface area contributed by atoms with Crippen molar-refractivity contribution in [2.45, 2.75) is 57.3 Å². The van der Waals surface area contributed by atoms with Gasteiger partial charge in [-0.1, -0.05) is 12.1 Å². The third-order valence-electron chi connectivity index (χ3n) is 6.36. The highest BCUT2D eigenvalue weighted by Gasteiger charge is 2.50. The molecule has 3 aliphatic rings. The van der Waals surface area contributed by atoms with Gasteiger partial charge in [0.25, 0.3) is 0 Å². The molecule has 0 spiro atoms. The number of fused-ring (bicyclic) bond motifs is 3. The van der Waals surface area contributed by atoms with E-state index in [1.54, 1.807) is 0 Å². The second-order valence-electron chi connectivity index (χ2n) is 8.01. The maximum absolute atomic E-state index is 12.8. The number of ether oxygens (including phenoxy) is 1. The summed E-state index contributed by atoms with van der Waals surface area (Å²) in [7, 11) is 1.90. The molecule has 7 nitrogen and oxygen atoms in total. The number of rotatable bonds is 5. The third-order valence-corrected chi connectivity index (χ3v) is 6.36. The van der Waals surface area contributed by atoms with E-state index < -0.39 is 0 Å². The van der Waals surface area contributed by atoms with Crippen molar-refractivity contribution in [3.05, 3.63) is 29.8 Å². The van der Waals surface area contributed by atoms with Gasteiger partial charge in [-0.05, 0) is 50.3 Å². The lowest BCUT2D eigenvalue weighted by molar-refractivity contribution is -0.153. The lowest BCUT2D eigenvalue weighted by atomic mass is 9.79. The third kappa shape index (κ3) is 3.61. The number of benzene rings is 1. The molecule has 1 aromatic rings. The summed E-state index contributed by atoms with van der Waals surface area (Å²) in [5.74, 6) is 1.04. The van der Waals surface area contributed by atoms with Gasteiger partial charge in [0.1, 0.15) is 11.8 Å². The molecular weight excluding hydrogens is 356 g/mol. The number of nitrogens with one attached hydrogen (secondary N) is 2. The first-order chi connectivity index (χ1) is 13.6. The van der Waals surface area contributed by atoms with Gasteiger partial charge in [0.2, 0.25) is 11.8 Å². The summed E-state index contributed by atoms with van der Waals surface area (Å²) in [5, 5.41) is 5.25. The Balaban J connectivity index is 1.36. The Labute approximate surface area is 166 Å². The van der Waals surface area contributed by atoms with Crippen molar-refractivity contribution < 1.29 is 14.3 Å².